The van der Waals surface area contributed by atoms with Gasteiger partial charge in [0.2, 0.25) is 11.8 Å². The Kier molecular flexibility index (Phi) is 8.55. The molecule has 3 rings (SSSR count). The third-order valence-corrected chi connectivity index (χ3v) is 6.45. The van der Waals surface area contributed by atoms with Crippen molar-refractivity contribution in [1.82, 2.24) is 14.7 Å². The SMILES string of the molecule is CN(CCC1CCOCC1)C(=O)[C@@H]1CCC(=O)N(CCCN2CCOCC2)C1. The lowest BCUT2D eigenvalue weighted by Gasteiger charge is -2.35. The molecule has 3 aliphatic heterocycles. The van der Waals surface area contributed by atoms with Gasteiger partial charge >= 0.3 is 0 Å². The van der Waals surface area contributed by atoms with Crippen LogP contribution < -0.4 is 0 Å². The number of morpholine rings is 1. The molecule has 0 N–H and O–H groups in total. The monoisotopic (exact) mass is 395 g/mol. The molecule has 0 aromatic rings. The lowest BCUT2D eigenvalue weighted by atomic mass is 9.94. The van der Waals surface area contributed by atoms with Crippen molar-refractivity contribution in [1.29, 1.82) is 0 Å². The molecule has 0 aromatic heterocycles. The average Bonchev–Trinajstić information content (AvgIpc) is 2.74. The molecule has 0 radical (unpaired) electrons. The largest absolute Gasteiger partial charge is 0.381 e. The summed E-state index contributed by atoms with van der Waals surface area (Å²) in [5.74, 6) is 1.04. The molecular formula is C21H37N3O4. The van der Waals surface area contributed by atoms with Crippen molar-refractivity contribution in [3.63, 3.8) is 0 Å². The molecule has 0 bridgehead atoms. The maximum atomic E-state index is 12.9. The van der Waals surface area contributed by atoms with Crippen LogP contribution in [0.3, 0.4) is 0 Å². The summed E-state index contributed by atoms with van der Waals surface area (Å²) < 4.78 is 10.8. The molecule has 7 heteroatoms. The number of hydrogen-bond acceptors (Lipinski definition) is 5. The zero-order chi connectivity index (χ0) is 19.8. The summed E-state index contributed by atoms with van der Waals surface area (Å²) in [5.41, 5.74) is 0. The van der Waals surface area contributed by atoms with Crippen LogP contribution in [0.2, 0.25) is 0 Å². The number of amides is 2. The van der Waals surface area contributed by atoms with Crippen LogP contribution in [-0.2, 0) is 19.1 Å². The second kappa shape index (κ2) is 11.1. The highest BCUT2D eigenvalue weighted by Gasteiger charge is 2.31. The van der Waals surface area contributed by atoms with Gasteiger partial charge in [-0.3, -0.25) is 14.5 Å². The van der Waals surface area contributed by atoms with Crippen molar-refractivity contribution in [2.45, 2.75) is 38.5 Å². The van der Waals surface area contributed by atoms with Gasteiger partial charge in [-0.05, 0) is 38.0 Å². The Labute approximate surface area is 169 Å². The predicted octanol–water partition coefficient (Wildman–Crippen LogP) is 1.22. The lowest BCUT2D eigenvalue weighted by molar-refractivity contribution is -0.142. The number of hydrogen-bond donors (Lipinski definition) is 0. The Morgan fingerprint density at radius 3 is 2.54 bits per heavy atom. The summed E-state index contributed by atoms with van der Waals surface area (Å²) in [6, 6.07) is 0. The first-order valence-electron chi connectivity index (χ1n) is 11.0. The van der Waals surface area contributed by atoms with Crippen LogP contribution in [0.1, 0.15) is 38.5 Å². The van der Waals surface area contributed by atoms with Crippen molar-refractivity contribution < 1.29 is 19.1 Å². The molecule has 1 atom stereocenters. The van der Waals surface area contributed by atoms with Crippen molar-refractivity contribution in [3.8, 4) is 0 Å². The van der Waals surface area contributed by atoms with Gasteiger partial charge in [-0.15, -0.1) is 0 Å². The van der Waals surface area contributed by atoms with E-state index < -0.39 is 0 Å². The van der Waals surface area contributed by atoms with E-state index in [1.54, 1.807) is 0 Å². The number of carbonyl (C=O) groups is 2. The molecule has 2 amide bonds. The second-order valence-corrected chi connectivity index (χ2v) is 8.49. The fourth-order valence-electron chi connectivity index (χ4n) is 4.48. The van der Waals surface area contributed by atoms with Gasteiger partial charge in [-0.1, -0.05) is 0 Å². The van der Waals surface area contributed by atoms with E-state index in [2.05, 4.69) is 4.90 Å². The highest BCUT2D eigenvalue weighted by molar-refractivity contribution is 5.83. The van der Waals surface area contributed by atoms with E-state index in [1.165, 1.54) is 0 Å². The molecule has 3 aliphatic rings. The van der Waals surface area contributed by atoms with E-state index in [-0.39, 0.29) is 17.7 Å². The van der Waals surface area contributed by atoms with Crippen LogP contribution >= 0.6 is 0 Å². The van der Waals surface area contributed by atoms with Crippen LogP contribution in [-0.4, -0.2) is 99.3 Å². The number of piperidine rings is 1. The quantitative estimate of drug-likeness (QED) is 0.618. The topological polar surface area (TPSA) is 62.3 Å². The summed E-state index contributed by atoms with van der Waals surface area (Å²) in [6.07, 6.45) is 5.43. The summed E-state index contributed by atoms with van der Waals surface area (Å²) in [4.78, 5) is 31.4. The minimum atomic E-state index is -0.0409. The third-order valence-electron chi connectivity index (χ3n) is 6.45. The zero-order valence-electron chi connectivity index (χ0n) is 17.4. The molecule has 0 spiro atoms. The molecule has 160 valence electrons. The second-order valence-electron chi connectivity index (χ2n) is 8.49. The lowest BCUT2D eigenvalue weighted by Crippen LogP contribution is -2.47. The highest BCUT2D eigenvalue weighted by atomic mass is 16.5. The van der Waals surface area contributed by atoms with Gasteiger partial charge in [0.15, 0.2) is 0 Å². The zero-order valence-corrected chi connectivity index (χ0v) is 17.4. The van der Waals surface area contributed by atoms with Gasteiger partial charge in [0, 0.05) is 66.0 Å². The minimum Gasteiger partial charge on any atom is -0.381 e. The van der Waals surface area contributed by atoms with Crippen LogP contribution in [0.4, 0.5) is 0 Å². The fourth-order valence-corrected chi connectivity index (χ4v) is 4.48. The smallest absolute Gasteiger partial charge is 0.227 e. The standard InChI is InChI=1S/C21H37N3O4/c1-22(10-5-18-6-13-27-14-7-18)21(26)19-3-4-20(25)24(17-19)9-2-8-23-11-15-28-16-12-23/h18-19H,2-17H2,1H3/t19-/m1/s1. The van der Waals surface area contributed by atoms with Crippen LogP contribution in [0.15, 0.2) is 0 Å². The van der Waals surface area contributed by atoms with Crippen LogP contribution in [0.5, 0.6) is 0 Å². The van der Waals surface area contributed by atoms with Crippen molar-refractivity contribution >= 4 is 11.8 Å². The first-order chi connectivity index (χ1) is 13.6. The Morgan fingerprint density at radius 1 is 1.07 bits per heavy atom. The summed E-state index contributed by atoms with van der Waals surface area (Å²) in [6.45, 7) is 8.42. The first kappa shape index (κ1) is 21.5. The van der Waals surface area contributed by atoms with Gasteiger partial charge in [0.1, 0.15) is 0 Å². The van der Waals surface area contributed by atoms with E-state index >= 15 is 0 Å². The maximum absolute atomic E-state index is 12.9. The van der Waals surface area contributed by atoms with Gasteiger partial charge < -0.3 is 19.3 Å². The molecular weight excluding hydrogens is 358 g/mol. The predicted molar refractivity (Wildman–Crippen MR) is 107 cm³/mol. The van der Waals surface area contributed by atoms with E-state index in [4.69, 9.17) is 9.47 Å². The molecule has 0 saturated carbocycles. The van der Waals surface area contributed by atoms with Crippen molar-refractivity contribution in [2.24, 2.45) is 11.8 Å². The normalized spacial score (nSPS) is 25.1. The number of ether oxygens (including phenoxy) is 2. The summed E-state index contributed by atoms with van der Waals surface area (Å²) in [7, 11) is 1.92. The maximum Gasteiger partial charge on any atom is 0.227 e. The van der Waals surface area contributed by atoms with Crippen LogP contribution in [0, 0.1) is 11.8 Å². The molecule has 0 aromatic carbocycles. The fraction of sp³-hybridized carbons (Fsp3) is 0.905. The Bertz CT molecular complexity index is 504. The van der Waals surface area contributed by atoms with E-state index in [0.717, 1.165) is 84.8 Å². The van der Waals surface area contributed by atoms with Gasteiger partial charge in [-0.25, -0.2) is 0 Å². The first-order valence-corrected chi connectivity index (χ1v) is 11.0. The number of carbonyl (C=O) groups excluding carboxylic acids is 2. The average molecular weight is 396 g/mol. The third kappa shape index (κ3) is 6.42. The number of likely N-dealkylation sites (tertiary alicyclic amines) is 1. The van der Waals surface area contributed by atoms with Gasteiger partial charge in [0.05, 0.1) is 19.1 Å². The Balaban J connectivity index is 1.39. The van der Waals surface area contributed by atoms with E-state index in [1.807, 2.05) is 16.8 Å². The highest BCUT2D eigenvalue weighted by Crippen LogP contribution is 2.22. The number of nitrogens with zero attached hydrogens (tertiary/aromatic N) is 3. The number of rotatable bonds is 8. The van der Waals surface area contributed by atoms with Gasteiger partial charge in [-0.2, -0.15) is 0 Å². The van der Waals surface area contributed by atoms with Crippen molar-refractivity contribution in [2.75, 3.05) is 72.7 Å². The van der Waals surface area contributed by atoms with E-state index in [9.17, 15) is 9.59 Å². The summed E-state index contributed by atoms with van der Waals surface area (Å²) in [5, 5.41) is 0. The molecule has 3 saturated heterocycles. The van der Waals surface area contributed by atoms with Crippen LogP contribution in [0.25, 0.3) is 0 Å². The van der Waals surface area contributed by atoms with Gasteiger partial charge in [0.25, 0.3) is 0 Å². The Morgan fingerprint density at radius 2 is 1.79 bits per heavy atom. The summed E-state index contributed by atoms with van der Waals surface area (Å²) >= 11 is 0. The molecule has 28 heavy (non-hydrogen) atoms. The molecule has 0 aliphatic carbocycles. The molecule has 3 heterocycles. The van der Waals surface area contributed by atoms with Crippen molar-refractivity contribution in [3.05, 3.63) is 0 Å². The minimum absolute atomic E-state index is 0.0409. The molecule has 3 fully saturated rings. The molecule has 0 unspecified atom stereocenters. The molecule has 7 nitrogen and oxygen atoms in total. The van der Waals surface area contributed by atoms with E-state index in [0.29, 0.717) is 25.3 Å². The Hall–Kier alpha value is -1.18.